The molecule has 0 fully saturated rings. The maximum atomic E-state index is 6.24. The second-order valence-electron chi connectivity index (χ2n) is 4.70. The van der Waals surface area contributed by atoms with Gasteiger partial charge in [0.1, 0.15) is 11.3 Å². The topological polar surface area (TPSA) is 43.8 Å². The Morgan fingerprint density at radius 3 is 2.75 bits per heavy atom. The zero-order valence-corrected chi connectivity index (χ0v) is 12.4. The molecule has 5 heteroatoms. The van der Waals surface area contributed by atoms with Gasteiger partial charge in [0.05, 0.1) is 17.7 Å². The Morgan fingerprint density at radius 2 is 2.00 bits per heavy atom. The van der Waals surface area contributed by atoms with Gasteiger partial charge in [0, 0.05) is 10.0 Å². The van der Waals surface area contributed by atoms with Crippen molar-refractivity contribution in [3.63, 3.8) is 0 Å². The van der Waals surface area contributed by atoms with Gasteiger partial charge >= 0.3 is 0 Å². The first-order valence-corrected chi connectivity index (χ1v) is 6.97. The van der Waals surface area contributed by atoms with Gasteiger partial charge in [0.15, 0.2) is 0 Å². The molecule has 1 aromatic heterocycles. The Balaban J connectivity index is 2.11. The van der Waals surface area contributed by atoms with Gasteiger partial charge in [0.2, 0.25) is 0 Å². The van der Waals surface area contributed by atoms with Gasteiger partial charge in [-0.2, -0.15) is 0 Å². The van der Waals surface area contributed by atoms with Crippen LogP contribution in [-0.4, -0.2) is 9.55 Å². The molecule has 0 atom stereocenters. The van der Waals surface area contributed by atoms with Gasteiger partial charge in [-0.25, -0.2) is 4.98 Å². The van der Waals surface area contributed by atoms with Gasteiger partial charge in [0.25, 0.3) is 0 Å². The monoisotopic (exact) mass is 305 g/mol. The van der Waals surface area contributed by atoms with E-state index in [9.17, 15) is 0 Å². The van der Waals surface area contributed by atoms with Crippen LogP contribution in [0, 0.1) is 6.92 Å². The molecule has 102 valence electrons. The van der Waals surface area contributed by atoms with Crippen molar-refractivity contribution in [2.24, 2.45) is 0 Å². The second kappa shape index (κ2) is 5.00. The first-order valence-electron chi connectivity index (χ1n) is 6.21. The third-order valence-corrected chi connectivity index (χ3v) is 3.93. The highest BCUT2D eigenvalue weighted by Gasteiger charge is 2.11. The van der Waals surface area contributed by atoms with Gasteiger partial charge in [-0.1, -0.05) is 35.3 Å². The third-order valence-electron chi connectivity index (χ3n) is 3.34. The summed E-state index contributed by atoms with van der Waals surface area (Å²) in [7, 11) is 0. The van der Waals surface area contributed by atoms with E-state index >= 15 is 0 Å². The van der Waals surface area contributed by atoms with Crippen molar-refractivity contribution in [1.29, 1.82) is 0 Å². The molecule has 0 radical (unpaired) electrons. The summed E-state index contributed by atoms with van der Waals surface area (Å²) in [6.07, 6.45) is 0. The van der Waals surface area contributed by atoms with E-state index in [0.29, 0.717) is 22.3 Å². The minimum Gasteiger partial charge on any atom is -0.397 e. The number of nitrogens with zero attached hydrogens (tertiary/aromatic N) is 2. The molecule has 3 aromatic rings. The molecule has 2 aromatic carbocycles. The summed E-state index contributed by atoms with van der Waals surface area (Å²) >= 11 is 12.2. The van der Waals surface area contributed by atoms with E-state index in [2.05, 4.69) is 9.55 Å². The number of rotatable bonds is 2. The van der Waals surface area contributed by atoms with Crippen molar-refractivity contribution < 1.29 is 0 Å². The number of halogens is 2. The maximum absolute atomic E-state index is 6.24. The zero-order chi connectivity index (χ0) is 14.3. The molecule has 0 unspecified atom stereocenters. The lowest BCUT2D eigenvalue weighted by molar-refractivity contribution is 0.786. The fourth-order valence-corrected chi connectivity index (χ4v) is 2.77. The number of benzene rings is 2. The van der Waals surface area contributed by atoms with E-state index < -0.39 is 0 Å². The average Bonchev–Trinajstić information content (AvgIpc) is 2.71. The summed E-state index contributed by atoms with van der Waals surface area (Å²) in [6, 6.07) is 11.3. The summed E-state index contributed by atoms with van der Waals surface area (Å²) in [5, 5.41) is 1.29. The molecule has 0 aliphatic rings. The number of fused-ring (bicyclic) bond motifs is 1. The van der Waals surface area contributed by atoms with Crippen molar-refractivity contribution in [1.82, 2.24) is 9.55 Å². The Bertz CT molecular complexity index is 793. The van der Waals surface area contributed by atoms with Crippen molar-refractivity contribution in [3.05, 3.63) is 57.8 Å². The Labute approximate surface area is 126 Å². The lowest BCUT2D eigenvalue weighted by Crippen LogP contribution is -2.02. The molecular formula is C15H13Cl2N3. The van der Waals surface area contributed by atoms with Crippen LogP contribution in [0.5, 0.6) is 0 Å². The molecule has 0 spiro atoms. The summed E-state index contributed by atoms with van der Waals surface area (Å²) in [5.41, 5.74) is 9.49. The van der Waals surface area contributed by atoms with Gasteiger partial charge < -0.3 is 10.3 Å². The number of para-hydroxylation sites is 1. The Morgan fingerprint density at radius 1 is 1.20 bits per heavy atom. The highest BCUT2D eigenvalue weighted by molar-refractivity contribution is 6.35. The standard InChI is InChI=1S/C15H13Cl2N3/c1-9-19-15-13(18)3-2-4-14(15)20(9)8-10-5-6-11(16)7-12(10)17/h2-7H,8,18H2,1H3. The van der Waals surface area contributed by atoms with Gasteiger partial charge in [-0.05, 0) is 36.8 Å². The van der Waals surface area contributed by atoms with E-state index in [4.69, 9.17) is 28.9 Å². The minimum absolute atomic E-state index is 0.634. The number of hydrogen-bond donors (Lipinski definition) is 1. The normalized spacial score (nSPS) is 11.2. The van der Waals surface area contributed by atoms with E-state index in [1.54, 1.807) is 6.07 Å². The quantitative estimate of drug-likeness (QED) is 0.718. The van der Waals surface area contributed by atoms with Crippen LogP contribution in [0.1, 0.15) is 11.4 Å². The van der Waals surface area contributed by atoms with Crippen LogP contribution >= 0.6 is 23.2 Å². The van der Waals surface area contributed by atoms with E-state index in [1.807, 2.05) is 37.3 Å². The summed E-state index contributed by atoms with van der Waals surface area (Å²) in [4.78, 5) is 4.52. The molecule has 0 saturated carbocycles. The van der Waals surface area contributed by atoms with Crippen LogP contribution in [0.2, 0.25) is 10.0 Å². The number of anilines is 1. The Hall–Kier alpha value is -1.71. The fourth-order valence-electron chi connectivity index (χ4n) is 2.30. The number of aryl methyl sites for hydroxylation is 1. The average molecular weight is 306 g/mol. The number of nitrogens with two attached hydrogens (primary N) is 1. The first kappa shape index (κ1) is 13.3. The number of hydrogen-bond acceptors (Lipinski definition) is 2. The molecule has 0 saturated heterocycles. The van der Waals surface area contributed by atoms with E-state index in [1.165, 1.54) is 0 Å². The predicted molar refractivity (Wildman–Crippen MR) is 84.4 cm³/mol. The molecule has 3 rings (SSSR count). The van der Waals surface area contributed by atoms with Gasteiger partial charge in [-0.3, -0.25) is 0 Å². The predicted octanol–water partition coefficient (Wildman–Crippen LogP) is 4.28. The maximum Gasteiger partial charge on any atom is 0.112 e. The highest BCUT2D eigenvalue weighted by atomic mass is 35.5. The zero-order valence-electron chi connectivity index (χ0n) is 10.9. The van der Waals surface area contributed by atoms with Crippen LogP contribution in [0.15, 0.2) is 36.4 Å². The van der Waals surface area contributed by atoms with Crippen molar-refractivity contribution in [2.75, 3.05) is 5.73 Å². The van der Waals surface area contributed by atoms with Crippen LogP contribution in [0.25, 0.3) is 11.0 Å². The largest absolute Gasteiger partial charge is 0.397 e. The highest BCUT2D eigenvalue weighted by Crippen LogP contribution is 2.26. The molecule has 1 heterocycles. The lowest BCUT2D eigenvalue weighted by Gasteiger charge is -2.09. The van der Waals surface area contributed by atoms with Crippen LogP contribution < -0.4 is 5.73 Å². The molecule has 0 bridgehead atoms. The van der Waals surface area contributed by atoms with Crippen LogP contribution in [-0.2, 0) is 6.54 Å². The molecular weight excluding hydrogens is 293 g/mol. The molecule has 20 heavy (non-hydrogen) atoms. The van der Waals surface area contributed by atoms with Crippen LogP contribution in [0.3, 0.4) is 0 Å². The van der Waals surface area contributed by atoms with E-state index in [0.717, 1.165) is 22.4 Å². The SMILES string of the molecule is Cc1nc2c(N)cccc2n1Cc1ccc(Cl)cc1Cl. The molecule has 0 aliphatic carbocycles. The summed E-state index contributed by atoms with van der Waals surface area (Å²) in [6.45, 7) is 2.60. The van der Waals surface area contributed by atoms with Gasteiger partial charge in [-0.15, -0.1) is 0 Å². The number of nitrogen functional groups attached to an aromatic ring is 1. The van der Waals surface area contributed by atoms with E-state index in [-0.39, 0.29) is 0 Å². The minimum atomic E-state index is 0.634. The summed E-state index contributed by atoms with van der Waals surface area (Å²) < 4.78 is 2.10. The first-order chi connectivity index (χ1) is 9.56. The lowest BCUT2D eigenvalue weighted by atomic mass is 10.2. The fraction of sp³-hybridized carbons (Fsp3) is 0.133. The molecule has 0 amide bonds. The van der Waals surface area contributed by atoms with Crippen molar-refractivity contribution >= 4 is 39.9 Å². The third kappa shape index (κ3) is 2.23. The second-order valence-corrected chi connectivity index (χ2v) is 5.54. The Kier molecular flexibility index (Phi) is 3.32. The van der Waals surface area contributed by atoms with Crippen molar-refractivity contribution in [3.8, 4) is 0 Å². The summed E-state index contributed by atoms with van der Waals surface area (Å²) in [5.74, 6) is 0.906. The van der Waals surface area contributed by atoms with Crippen molar-refractivity contribution in [2.45, 2.75) is 13.5 Å². The smallest absolute Gasteiger partial charge is 0.112 e. The molecule has 3 nitrogen and oxygen atoms in total. The molecule has 2 N–H and O–H groups in total. The number of aromatic nitrogens is 2. The van der Waals surface area contributed by atoms with Crippen LogP contribution in [0.4, 0.5) is 5.69 Å². The number of imidazole rings is 1. The molecule has 0 aliphatic heterocycles.